The predicted molar refractivity (Wildman–Crippen MR) is 106 cm³/mol. The fourth-order valence-electron chi connectivity index (χ4n) is 4.13. The first-order valence-electron chi connectivity index (χ1n) is 9.59. The molecule has 0 spiro atoms. The van der Waals surface area contributed by atoms with Crippen molar-refractivity contribution < 1.29 is 14.5 Å². The monoisotopic (exact) mass is 348 g/mol. The lowest BCUT2D eigenvalue weighted by Gasteiger charge is -2.30. The van der Waals surface area contributed by atoms with E-state index < -0.39 is 0 Å². The van der Waals surface area contributed by atoms with E-state index in [-0.39, 0.29) is 0 Å². The van der Waals surface area contributed by atoms with Crippen LogP contribution in [0.4, 0.5) is 0 Å². The van der Waals surface area contributed by atoms with Crippen molar-refractivity contribution in [2.24, 2.45) is 0 Å². The molecular weight excluding hydrogens is 320 g/mol. The van der Waals surface area contributed by atoms with Gasteiger partial charge in [0.05, 0.1) is 12.7 Å². The second-order valence-electron chi connectivity index (χ2n) is 7.31. The molecule has 26 heavy (non-hydrogen) atoms. The van der Waals surface area contributed by atoms with E-state index in [0.717, 1.165) is 18.8 Å². The predicted octanol–water partition coefficient (Wildman–Crippen LogP) is 1.33. The molecule has 1 aliphatic heterocycles. The number of methoxy groups -OCH3 is 1. The molecule has 134 valence electrons. The van der Waals surface area contributed by atoms with Gasteiger partial charge in [-0.2, -0.15) is 0 Å². The Morgan fingerprint density at radius 1 is 0.731 bits per heavy atom. The Morgan fingerprint density at radius 2 is 1.38 bits per heavy atom. The standard InChI is InChI=1S/C23H26N2O/c1-26-23-12-11-20-9-5-6-10-21(20)22(23)18-25-15-13-24(14-16-25)17-19-7-3-2-4-8-19/h2-12H,13-18H2,1H3/p+2. The maximum Gasteiger partial charge on any atom is 0.128 e. The van der Waals surface area contributed by atoms with Crippen LogP contribution in [0.3, 0.4) is 0 Å². The van der Waals surface area contributed by atoms with E-state index in [4.69, 9.17) is 4.74 Å². The Hall–Kier alpha value is -2.36. The molecule has 1 aliphatic rings. The van der Waals surface area contributed by atoms with Crippen LogP contribution in [0.5, 0.6) is 5.75 Å². The highest BCUT2D eigenvalue weighted by Crippen LogP contribution is 2.27. The number of nitrogens with one attached hydrogen (secondary N) is 2. The summed E-state index contributed by atoms with van der Waals surface area (Å²) in [6.45, 7) is 7.09. The SMILES string of the molecule is COc1ccc2ccccc2c1C[NH+]1CC[NH+](Cc2ccccc2)CC1. The zero-order valence-corrected chi connectivity index (χ0v) is 15.5. The molecule has 0 amide bonds. The summed E-state index contributed by atoms with van der Waals surface area (Å²) < 4.78 is 5.68. The van der Waals surface area contributed by atoms with Gasteiger partial charge in [0.25, 0.3) is 0 Å². The zero-order valence-electron chi connectivity index (χ0n) is 15.5. The summed E-state index contributed by atoms with van der Waals surface area (Å²) in [6.07, 6.45) is 0. The van der Waals surface area contributed by atoms with Crippen molar-refractivity contribution in [3.63, 3.8) is 0 Å². The van der Waals surface area contributed by atoms with Crippen LogP contribution in [0.15, 0.2) is 66.7 Å². The molecule has 0 aromatic heterocycles. The number of benzene rings is 3. The van der Waals surface area contributed by atoms with Crippen LogP contribution in [-0.2, 0) is 13.1 Å². The van der Waals surface area contributed by atoms with E-state index in [0.29, 0.717) is 0 Å². The van der Waals surface area contributed by atoms with E-state index in [1.54, 1.807) is 16.9 Å². The molecule has 0 unspecified atom stereocenters. The fourth-order valence-corrected chi connectivity index (χ4v) is 4.13. The first kappa shape index (κ1) is 17.1. The number of fused-ring (bicyclic) bond motifs is 1. The van der Waals surface area contributed by atoms with Crippen molar-refractivity contribution in [3.05, 3.63) is 77.9 Å². The molecule has 1 saturated heterocycles. The van der Waals surface area contributed by atoms with Crippen molar-refractivity contribution in [1.82, 2.24) is 0 Å². The van der Waals surface area contributed by atoms with Gasteiger partial charge in [0.1, 0.15) is 45.0 Å². The number of hydrogen-bond donors (Lipinski definition) is 2. The third kappa shape index (κ3) is 3.74. The lowest BCUT2D eigenvalue weighted by molar-refractivity contribution is -1.02. The maximum atomic E-state index is 5.68. The third-order valence-electron chi connectivity index (χ3n) is 5.61. The summed E-state index contributed by atoms with van der Waals surface area (Å²) in [5, 5.41) is 2.63. The minimum Gasteiger partial charge on any atom is -0.496 e. The molecule has 1 fully saturated rings. The van der Waals surface area contributed by atoms with Gasteiger partial charge in [-0.15, -0.1) is 0 Å². The van der Waals surface area contributed by atoms with Crippen molar-refractivity contribution in [2.75, 3.05) is 33.3 Å². The van der Waals surface area contributed by atoms with Crippen LogP contribution in [-0.4, -0.2) is 33.3 Å². The van der Waals surface area contributed by atoms with Gasteiger partial charge in [-0.1, -0.05) is 60.7 Å². The Balaban J connectivity index is 1.44. The van der Waals surface area contributed by atoms with Crippen molar-refractivity contribution in [3.8, 4) is 5.75 Å². The van der Waals surface area contributed by atoms with Gasteiger partial charge in [0.2, 0.25) is 0 Å². The second-order valence-corrected chi connectivity index (χ2v) is 7.31. The number of hydrogen-bond acceptors (Lipinski definition) is 1. The summed E-state index contributed by atoms with van der Waals surface area (Å²) in [5.41, 5.74) is 2.80. The molecule has 0 saturated carbocycles. The van der Waals surface area contributed by atoms with E-state index in [9.17, 15) is 0 Å². The molecule has 0 aliphatic carbocycles. The van der Waals surface area contributed by atoms with Gasteiger partial charge in [-0.05, 0) is 16.8 Å². The summed E-state index contributed by atoms with van der Waals surface area (Å²) in [5.74, 6) is 1.02. The number of rotatable bonds is 5. The Kier molecular flexibility index (Phi) is 5.19. The normalized spacial score (nSPS) is 20.2. The number of quaternary nitrogens is 2. The van der Waals surface area contributed by atoms with Gasteiger partial charge in [0.15, 0.2) is 0 Å². The maximum absolute atomic E-state index is 5.68. The third-order valence-corrected chi connectivity index (χ3v) is 5.61. The smallest absolute Gasteiger partial charge is 0.128 e. The molecule has 0 atom stereocenters. The first-order valence-corrected chi connectivity index (χ1v) is 9.59. The quantitative estimate of drug-likeness (QED) is 0.712. The molecule has 3 aromatic rings. The highest BCUT2D eigenvalue weighted by Gasteiger charge is 2.24. The first-order chi connectivity index (χ1) is 12.8. The molecule has 3 aromatic carbocycles. The van der Waals surface area contributed by atoms with Crippen LogP contribution < -0.4 is 14.5 Å². The summed E-state index contributed by atoms with van der Waals surface area (Å²) in [4.78, 5) is 3.36. The molecule has 0 radical (unpaired) electrons. The molecule has 1 heterocycles. The average molecular weight is 348 g/mol. The van der Waals surface area contributed by atoms with Crippen LogP contribution in [0.25, 0.3) is 10.8 Å². The van der Waals surface area contributed by atoms with Gasteiger partial charge in [0, 0.05) is 5.56 Å². The van der Waals surface area contributed by atoms with Gasteiger partial charge < -0.3 is 14.5 Å². The number of ether oxygens (including phenoxy) is 1. The second kappa shape index (κ2) is 7.90. The minimum absolute atomic E-state index is 1.02. The Labute approximate surface area is 155 Å². The molecule has 0 bridgehead atoms. The van der Waals surface area contributed by atoms with E-state index in [2.05, 4.69) is 66.7 Å². The van der Waals surface area contributed by atoms with Crippen molar-refractivity contribution in [2.45, 2.75) is 13.1 Å². The fraction of sp³-hybridized carbons (Fsp3) is 0.304. The van der Waals surface area contributed by atoms with Gasteiger partial charge in [-0.3, -0.25) is 0 Å². The molecule has 3 nitrogen and oxygen atoms in total. The van der Waals surface area contributed by atoms with Gasteiger partial charge in [-0.25, -0.2) is 0 Å². The van der Waals surface area contributed by atoms with Crippen molar-refractivity contribution >= 4 is 10.8 Å². The van der Waals surface area contributed by atoms with Crippen molar-refractivity contribution in [1.29, 1.82) is 0 Å². The highest BCUT2D eigenvalue weighted by atomic mass is 16.5. The largest absolute Gasteiger partial charge is 0.496 e. The van der Waals surface area contributed by atoms with Crippen LogP contribution in [0.2, 0.25) is 0 Å². The highest BCUT2D eigenvalue weighted by molar-refractivity contribution is 5.87. The summed E-state index contributed by atoms with van der Waals surface area (Å²) in [6, 6.07) is 23.8. The minimum atomic E-state index is 1.02. The zero-order chi connectivity index (χ0) is 17.8. The Morgan fingerprint density at radius 3 is 2.12 bits per heavy atom. The summed E-state index contributed by atoms with van der Waals surface area (Å²) >= 11 is 0. The Bertz CT molecular complexity index is 854. The molecule has 3 heteroatoms. The van der Waals surface area contributed by atoms with Gasteiger partial charge >= 0.3 is 0 Å². The average Bonchev–Trinajstić information content (AvgIpc) is 2.70. The molecule has 2 N–H and O–H groups in total. The number of piperazine rings is 1. The van der Waals surface area contributed by atoms with Crippen LogP contribution >= 0.6 is 0 Å². The lowest BCUT2D eigenvalue weighted by atomic mass is 10.0. The van der Waals surface area contributed by atoms with E-state index in [1.165, 1.54) is 48.1 Å². The molecular formula is C23H28N2O+2. The molecule has 4 rings (SSSR count). The van der Waals surface area contributed by atoms with E-state index >= 15 is 0 Å². The van der Waals surface area contributed by atoms with E-state index in [1.807, 2.05) is 0 Å². The van der Waals surface area contributed by atoms with Crippen LogP contribution in [0, 0.1) is 0 Å². The summed E-state index contributed by atoms with van der Waals surface area (Å²) in [7, 11) is 1.78. The lowest BCUT2D eigenvalue weighted by Crippen LogP contribution is -3.27. The topological polar surface area (TPSA) is 18.1 Å². The van der Waals surface area contributed by atoms with Crippen LogP contribution in [0.1, 0.15) is 11.1 Å².